The summed E-state index contributed by atoms with van der Waals surface area (Å²) in [6.45, 7) is 1.05. The maximum absolute atomic E-state index is 11.8. The van der Waals surface area contributed by atoms with Crippen molar-refractivity contribution in [3.05, 3.63) is 71.4 Å². The van der Waals surface area contributed by atoms with Crippen LogP contribution < -0.4 is 0 Å². The lowest BCUT2D eigenvalue weighted by Crippen LogP contribution is -2.13. The molecule has 0 unspecified atom stereocenters. The summed E-state index contributed by atoms with van der Waals surface area (Å²) >= 11 is 0. The van der Waals surface area contributed by atoms with E-state index in [4.69, 9.17) is 4.74 Å². The lowest BCUT2D eigenvalue weighted by atomic mass is 10.0. The van der Waals surface area contributed by atoms with Gasteiger partial charge < -0.3 is 9.64 Å². The number of nitrogens with zero attached hydrogens (tertiary/aromatic N) is 3. The minimum Gasteiger partial charge on any atom is -0.465 e. The quantitative estimate of drug-likeness (QED) is 0.433. The van der Waals surface area contributed by atoms with Gasteiger partial charge >= 0.3 is 5.97 Å². The van der Waals surface area contributed by atoms with Crippen molar-refractivity contribution in [3.63, 3.8) is 0 Å². The molecule has 3 aromatic rings. The van der Waals surface area contributed by atoms with Crippen molar-refractivity contribution < 1.29 is 14.3 Å². The highest BCUT2D eigenvalue weighted by atomic mass is 16.5. The molecule has 0 bridgehead atoms. The molecule has 0 atom stereocenters. The van der Waals surface area contributed by atoms with E-state index in [1.165, 1.54) is 12.7 Å². The van der Waals surface area contributed by atoms with Crippen LogP contribution in [-0.2, 0) is 11.2 Å². The minimum absolute atomic E-state index is 0.417. The Morgan fingerprint density at radius 1 is 1.17 bits per heavy atom. The molecule has 0 fully saturated rings. The largest absolute Gasteiger partial charge is 0.465 e. The summed E-state index contributed by atoms with van der Waals surface area (Å²) in [6.07, 6.45) is 4.57. The Balaban J connectivity index is 1.85. The fourth-order valence-corrected chi connectivity index (χ4v) is 3.15. The molecule has 29 heavy (non-hydrogen) atoms. The topological polar surface area (TPSA) is 64.4 Å². The van der Waals surface area contributed by atoms with Gasteiger partial charge in [-0.2, -0.15) is 5.10 Å². The van der Waals surface area contributed by atoms with E-state index < -0.39 is 5.97 Å². The van der Waals surface area contributed by atoms with Crippen LogP contribution in [0.1, 0.15) is 32.7 Å². The number of aromatic nitrogens is 2. The zero-order chi connectivity index (χ0) is 20.8. The third-order valence-electron chi connectivity index (χ3n) is 4.70. The molecule has 1 heterocycles. The zero-order valence-corrected chi connectivity index (χ0v) is 17.0. The van der Waals surface area contributed by atoms with Gasteiger partial charge in [0.1, 0.15) is 5.69 Å². The minimum atomic E-state index is -0.417. The number of carbonyl (C=O) groups excluding carboxylic acids is 2. The second kappa shape index (κ2) is 9.30. The molecule has 2 aromatic carbocycles. The molecule has 6 nitrogen and oxygen atoms in total. The van der Waals surface area contributed by atoms with E-state index in [1.807, 2.05) is 18.2 Å². The number of methoxy groups -OCH3 is 1. The number of hydrogen-bond acceptors (Lipinski definition) is 5. The number of aldehydes is 1. The first-order valence-corrected chi connectivity index (χ1v) is 9.49. The van der Waals surface area contributed by atoms with Crippen molar-refractivity contribution in [3.8, 4) is 16.9 Å². The molecule has 0 radical (unpaired) electrons. The summed E-state index contributed by atoms with van der Waals surface area (Å²) < 4.78 is 6.38. The standard InChI is InChI=1S/C23H25N3O3/c1-25(2)13-5-6-17-9-11-18(12-10-17)22-20(16-27)15-26(24-22)21-8-4-7-19(14-21)23(28)29-3/h4,7-12,14-16H,5-6,13H2,1-3H3. The van der Waals surface area contributed by atoms with E-state index in [0.717, 1.165) is 31.2 Å². The summed E-state index contributed by atoms with van der Waals surface area (Å²) in [5, 5.41) is 4.59. The van der Waals surface area contributed by atoms with Crippen LogP contribution in [0.4, 0.5) is 0 Å². The number of hydrogen-bond donors (Lipinski definition) is 0. The summed E-state index contributed by atoms with van der Waals surface area (Å²) in [5.41, 5.74) is 4.36. The van der Waals surface area contributed by atoms with Crippen molar-refractivity contribution in [1.82, 2.24) is 14.7 Å². The monoisotopic (exact) mass is 391 g/mol. The maximum atomic E-state index is 11.8. The van der Waals surface area contributed by atoms with Gasteiger partial charge in [0.25, 0.3) is 0 Å². The van der Waals surface area contributed by atoms with Gasteiger partial charge in [0.2, 0.25) is 0 Å². The van der Waals surface area contributed by atoms with E-state index in [-0.39, 0.29) is 0 Å². The Bertz CT molecular complexity index is 991. The predicted octanol–water partition coefficient (Wildman–Crippen LogP) is 3.63. The van der Waals surface area contributed by atoms with Crippen LogP contribution in [0, 0.1) is 0 Å². The van der Waals surface area contributed by atoms with Gasteiger partial charge in [-0.05, 0) is 57.2 Å². The predicted molar refractivity (Wildman–Crippen MR) is 113 cm³/mol. The van der Waals surface area contributed by atoms with Crippen LogP contribution in [0.25, 0.3) is 16.9 Å². The smallest absolute Gasteiger partial charge is 0.337 e. The molecular weight excluding hydrogens is 366 g/mol. The molecule has 0 aliphatic carbocycles. The Labute approximate surface area is 170 Å². The third-order valence-corrected chi connectivity index (χ3v) is 4.70. The van der Waals surface area contributed by atoms with E-state index in [0.29, 0.717) is 22.5 Å². The van der Waals surface area contributed by atoms with E-state index >= 15 is 0 Å². The number of rotatable bonds is 8. The van der Waals surface area contributed by atoms with Crippen molar-refractivity contribution in [2.24, 2.45) is 0 Å². The molecule has 3 rings (SSSR count). The summed E-state index contributed by atoms with van der Waals surface area (Å²) in [6, 6.07) is 15.1. The molecule has 0 aliphatic rings. The van der Waals surface area contributed by atoms with E-state index in [2.05, 4.69) is 36.2 Å². The zero-order valence-electron chi connectivity index (χ0n) is 17.0. The normalized spacial score (nSPS) is 10.9. The lowest BCUT2D eigenvalue weighted by Gasteiger charge is -2.09. The Morgan fingerprint density at radius 3 is 2.59 bits per heavy atom. The van der Waals surface area contributed by atoms with E-state index in [9.17, 15) is 9.59 Å². The van der Waals surface area contributed by atoms with Gasteiger partial charge in [-0.25, -0.2) is 9.48 Å². The van der Waals surface area contributed by atoms with Gasteiger partial charge in [0, 0.05) is 11.8 Å². The van der Waals surface area contributed by atoms with Gasteiger partial charge in [0.15, 0.2) is 6.29 Å². The van der Waals surface area contributed by atoms with Crippen LogP contribution in [0.5, 0.6) is 0 Å². The first-order chi connectivity index (χ1) is 14.0. The van der Waals surface area contributed by atoms with E-state index in [1.54, 1.807) is 29.1 Å². The Kier molecular flexibility index (Phi) is 6.57. The van der Waals surface area contributed by atoms with Crippen molar-refractivity contribution >= 4 is 12.3 Å². The summed E-state index contributed by atoms with van der Waals surface area (Å²) in [7, 11) is 5.48. The third kappa shape index (κ3) is 4.97. The average molecular weight is 391 g/mol. The van der Waals surface area contributed by atoms with Crippen molar-refractivity contribution in [2.75, 3.05) is 27.7 Å². The SMILES string of the molecule is COC(=O)c1cccc(-n2cc(C=O)c(-c3ccc(CCCN(C)C)cc3)n2)c1. The molecule has 0 N–H and O–H groups in total. The Morgan fingerprint density at radius 2 is 1.93 bits per heavy atom. The lowest BCUT2D eigenvalue weighted by molar-refractivity contribution is 0.0600. The van der Waals surface area contributed by atoms with Gasteiger partial charge in [-0.15, -0.1) is 0 Å². The highest BCUT2D eigenvalue weighted by Crippen LogP contribution is 2.24. The Hall–Kier alpha value is -3.25. The molecule has 1 aromatic heterocycles. The fourth-order valence-electron chi connectivity index (χ4n) is 3.15. The number of ether oxygens (including phenoxy) is 1. The number of aryl methyl sites for hydroxylation is 1. The highest BCUT2D eigenvalue weighted by molar-refractivity contribution is 5.90. The van der Waals surface area contributed by atoms with Gasteiger partial charge in [-0.3, -0.25) is 4.79 Å². The molecule has 6 heteroatoms. The van der Waals surface area contributed by atoms with Crippen molar-refractivity contribution in [1.29, 1.82) is 0 Å². The van der Waals surface area contributed by atoms with Gasteiger partial charge in [0.05, 0.1) is 23.9 Å². The number of benzene rings is 2. The van der Waals surface area contributed by atoms with Crippen LogP contribution in [-0.4, -0.2) is 54.7 Å². The van der Waals surface area contributed by atoms with Crippen LogP contribution in [0.3, 0.4) is 0 Å². The summed E-state index contributed by atoms with van der Waals surface area (Å²) in [5.74, 6) is -0.417. The highest BCUT2D eigenvalue weighted by Gasteiger charge is 2.13. The fraction of sp³-hybridized carbons (Fsp3) is 0.261. The molecule has 0 spiro atoms. The maximum Gasteiger partial charge on any atom is 0.337 e. The molecule has 0 saturated carbocycles. The first kappa shape index (κ1) is 20.5. The van der Waals surface area contributed by atoms with Crippen molar-refractivity contribution in [2.45, 2.75) is 12.8 Å². The second-order valence-corrected chi connectivity index (χ2v) is 7.14. The second-order valence-electron chi connectivity index (χ2n) is 7.14. The van der Waals surface area contributed by atoms with Crippen LogP contribution in [0.15, 0.2) is 54.7 Å². The molecular formula is C23H25N3O3. The molecule has 150 valence electrons. The average Bonchev–Trinajstić information content (AvgIpc) is 3.18. The number of esters is 1. The molecule has 0 saturated heterocycles. The first-order valence-electron chi connectivity index (χ1n) is 9.49. The number of carbonyl (C=O) groups is 2. The van der Waals surface area contributed by atoms with Gasteiger partial charge in [-0.1, -0.05) is 30.3 Å². The van der Waals surface area contributed by atoms with Crippen LogP contribution in [0.2, 0.25) is 0 Å². The van der Waals surface area contributed by atoms with Crippen LogP contribution >= 0.6 is 0 Å². The molecule has 0 aliphatic heterocycles. The molecule has 0 amide bonds. The summed E-state index contributed by atoms with van der Waals surface area (Å²) in [4.78, 5) is 25.6.